The van der Waals surface area contributed by atoms with Gasteiger partial charge in [0.05, 0.1) is 12.1 Å². The lowest BCUT2D eigenvalue weighted by molar-refractivity contribution is -0.137. The second-order valence-electron chi connectivity index (χ2n) is 4.83. The highest BCUT2D eigenvalue weighted by atomic mass is 79.9. The molecule has 20 heavy (non-hydrogen) atoms. The van der Waals surface area contributed by atoms with Gasteiger partial charge in [0.1, 0.15) is 5.82 Å². The molecule has 0 atom stereocenters. The van der Waals surface area contributed by atoms with Gasteiger partial charge in [-0.25, -0.2) is 9.78 Å². The molecular formula is C13H16BrN3O3. The van der Waals surface area contributed by atoms with Gasteiger partial charge in [-0.1, -0.05) is 0 Å². The zero-order valence-corrected chi connectivity index (χ0v) is 12.7. The molecule has 0 radical (unpaired) electrons. The largest absolute Gasteiger partial charge is 0.481 e. The van der Waals surface area contributed by atoms with E-state index in [1.807, 2.05) is 6.07 Å². The molecule has 1 fully saturated rings. The normalized spacial score (nSPS) is 13.9. The van der Waals surface area contributed by atoms with E-state index in [-0.39, 0.29) is 19.0 Å². The molecule has 0 spiro atoms. The van der Waals surface area contributed by atoms with Crippen molar-refractivity contribution in [3.8, 4) is 0 Å². The van der Waals surface area contributed by atoms with Gasteiger partial charge in [0, 0.05) is 24.0 Å². The number of aromatic nitrogens is 1. The highest BCUT2D eigenvalue weighted by molar-refractivity contribution is 9.10. The van der Waals surface area contributed by atoms with Crippen LogP contribution in [0.2, 0.25) is 0 Å². The minimum absolute atomic E-state index is 0.0784. The van der Waals surface area contributed by atoms with E-state index in [0.29, 0.717) is 11.7 Å². The lowest BCUT2D eigenvalue weighted by Gasteiger charge is -2.17. The summed E-state index contributed by atoms with van der Waals surface area (Å²) >= 11 is 3.46. The Labute approximate surface area is 125 Å². The molecule has 1 aliphatic carbocycles. The second-order valence-corrected chi connectivity index (χ2v) is 5.69. The average molecular weight is 342 g/mol. The summed E-state index contributed by atoms with van der Waals surface area (Å²) in [6.45, 7) is 0.160. The van der Waals surface area contributed by atoms with Crippen molar-refractivity contribution in [2.75, 3.05) is 18.9 Å². The Balaban J connectivity index is 1.97. The molecule has 6 nitrogen and oxygen atoms in total. The van der Waals surface area contributed by atoms with E-state index in [2.05, 4.69) is 26.2 Å². The molecule has 7 heteroatoms. The van der Waals surface area contributed by atoms with Gasteiger partial charge in [-0.15, -0.1) is 0 Å². The number of carbonyl (C=O) groups excluding carboxylic acids is 1. The Hall–Kier alpha value is -1.63. The highest BCUT2D eigenvalue weighted by Crippen LogP contribution is 2.42. The lowest BCUT2D eigenvalue weighted by atomic mass is 10.2. The Kier molecular flexibility index (Phi) is 4.59. The van der Waals surface area contributed by atoms with Crippen molar-refractivity contribution < 1.29 is 14.7 Å². The fraction of sp³-hybridized carbons (Fsp3) is 0.462. The molecule has 1 aromatic heterocycles. The number of anilines is 1. The summed E-state index contributed by atoms with van der Waals surface area (Å²) in [7, 11) is 1.55. The quantitative estimate of drug-likeness (QED) is 0.862. The fourth-order valence-electron chi connectivity index (χ4n) is 1.74. The number of carboxylic acids is 1. The van der Waals surface area contributed by atoms with Crippen molar-refractivity contribution in [2.24, 2.45) is 0 Å². The van der Waals surface area contributed by atoms with Crippen molar-refractivity contribution in [1.82, 2.24) is 9.88 Å². The van der Waals surface area contributed by atoms with E-state index in [1.54, 1.807) is 13.1 Å². The molecule has 1 aliphatic rings. The van der Waals surface area contributed by atoms with Gasteiger partial charge in [0.15, 0.2) is 0 Å². The number of rotatable bonds is 5. The van der Waals surface area contributed by atoms with Crippen molar-refractivity contribution in [3.05, 3.63) is 22.3 Å². The summed E-state index contributed by atoms with van der Waals surface area (Å²) in [6.07, 6.45) is 2.17. The number of nitrogens with zero attached hydrogens (tertiary/aromatic N) is 2. The second kappa shape index (κ2) is 6.21. The monoisotopic (exact) mass is 341 g/mol. The first-order chi connectivity index (χ1) is 9.47. The van der Waals surface area contributed by atoms with E-state index >= 15 is 0 Å². The number of carbonyl (C=O) groups is 2. The third-order valence-corrected chi connectivity index (χ3v) is 3.75. The summed E-state index contributed by atoms with van der Waals surface area (Å²) in [4.78, 5) is 28.1. The standard InChI is InChI=1S/C13H16BrN3O3/c1-17(7-6-11(18)19)13(20)16-10-5-4-9(14)12(15-10)8-2-3-8/h4-5,8H,2-3,6-7H2,1H3,(H,18,19)(H,15,16,20). The van der Waals surface area contributed by atoms with Gasteiger partial charge < -0.3 is 10.0 Å². The molecule has 1 aromatic rings. The van der Waals surface area contributed by atoms with E-state index in [0.717, 1.165) is 23.0 Å². The van der Waals surface area contributed by atoms with Crippen LogP contribution in [0.4, 0.5) is 10.6 Å². The maximum atomic E-state index is 11.9. The summed E-state index contributed by atoms with van der Waals surface area (Å²) in [5.41, 5.74) is 0.969. The molecule has 108 valence electrons. The molecule has 2 N–H and O–H groups in total. The van der Waals surface area contributed by atoms with Gasteiger partial charge >= 0.3 is 12.0 Å². The van der Waals surface area contributed by atoms with E-state index in [1.165, 1.54) is 4.90 Å². The van der Waals surface area contributed by atoms with Gasteiger partial charge in [-0.05, 0) is 40.9 Å². The van der Waals surface area contributed by atoms with Gasteiger partial charge in [-0.2, -0.15) is 0 Å². The number of pyridine rings is 1. The molecule has 0 saturated heterocycles. The van der Waals surface area contributed by atoms with Crippen LogP contribution in [0.5, 0.6) is 0 Å². The fourth-order valence-corrected chi connectivity index (χ4v) is 2.29. The zero-order chi connectivity index (χ0) is 14.7. The number of hydrogen-bond donors (Lipinski definition) is 2. The predicted octanol–water partition coefficient (Wildman–Crippen LogP) is 2.66. The first kappa shape index (κ1) is 14.8. The topological polar surface area (TPSA) is 82.5 Å². The van der Waals surface area contributed by atoms with Crippen LogP contribution in [-0.2, 0) is 4.79 Å². The number of carboxylic acid groups (broad SMARTS) is 1. The number of nitrogens with one attached hydrogen (secondary N) is 1. The Morgan fingerprint density at radius 2 is 2.20 bits per heavy atom. The number of hydrogen-bond acceptors (Lipinski definition) is 3. The molecule has 1 saturated carbocycles. The molecule has 1 heterocycles. The number of amides is 2. The highest BCUT2D eigenvalue weighted by Gasteiger charge is 2.27. The predicted molar refractivity (Wildman–Crippen MR) is 77.8 cm³/mol. The van der Waals surface area contributed by atoms with Crippen molar-refractivity contribution >= 4 is 33.7 Å². The van der Waals surface area contributed by atoms with E-state index in [4.69, 9.17) is 5.11 Å². The average Bonchev–Trinajstić information content (AvgIpc) is 3.22. The SMILES string of the molecule is CN(CCC(=O)O)C(=O)Nc1ccc(Br)c(C2CC2)n1. The van der Waals surface area contributed by atoms with Crippen LogP contribution in [0.15, 0.2) is 16.6 Å². The minimum atomic E-state index is -0.928. The Bertz CT molecular complexity index is 532. The minimum Gasteiger partial charge on any atom is -0.481 e. The van der Waals surface area contributed by atoms with E-state index in [9.17, 15) is 9.59 Å². The molecule has 0 aliphatic heterocycles. The number of urea groups is 1. The van der Waals surface area contributed by atoms with Gasteiger partial charge in [0.2, 0.25) is 0 Å². The van der Waals surface area contributed by atoms with Crippen LogP contribution in [0.1, 0.15) is 30.9 Å². The molecular weight excluding hydrogens is 326 g/mol. The molecule has 0 unspecified atom stereocenters. The van der Waals surface area contributed by atoms with Crippen molar-refractivity contribution in [1.29, 1.82) is 0 Å². The van der Waals surface area contributed by atoms with Gasteiger partial charge in [-0.3, -0.25) is 10.1 Å². The number of halogens is 1. The zero-order valence-electron chi connectivity index (χ0n) is 11.1. The van der Waals surface area contributed by atoms with Crippen molar-refractivity contribution in [2.45, 2.75) is 25.2 Å². The molecule has 0 bridgehead atoms. The summed E-state index contributed by atoms with van der Waals surface area (Å²) in [5, 5.41) is 11.3. The van der Waals surface area contributed by atoms with E-state index < -0.39 is 5.97 Å². The molecule has 0 aromatic carbocycles. The number of aliphatic carboxylic acids is 1. The Morgan fingerprint density at radius 1 is 1.50 bits per heavy atom. The van der Waals surface area contributed by atoms with Gasteiger partial charge in [0.25, 0.3) is 0 Å². The van der Waals surface area contributed by atoms with Crippen LogP contribution < -0.4 is 5.32 Å². The maximum Gasteiger partial charge on any atom is 0.322 e. The van der Waals surface area contributed by atoms with Crippen LogP contribution >= 0.6 is 15.9 Å². The summed E-state index contributed by atoms with van der Waals surface area (Å²) in [5.74, 6) is 0.0377. The molecule has 2 amide bonds. The van der Waals surface area contributed by atoms with Crippen LogP contribution in [0, 0.1) is 0 Å². The Morgan fingerprint density at radius 3 is 2.80 bits per heavy atom. The summed E-state index contributed by atoms with van der Waals surface area (Å²) in [6, 6.07) is 3.23. The molecule has 2 rings (SSSR count). The maximum absolute atomic E-state index is 11.9. The lowest BCUT2D eigenvalue weighted by Crippen LogP contribution is -2.33. The first-order valence-corrected chi connectivity index (χ1v) is 7.17. The van der Waals surface area contributed by atoms with Crippen LogP contribution in [0.25, 0.3) is 0 Å². The third-order valence-electron chi connectivity index (χ3n) is 3.08. The van der Waals surface area contributed by atoms with Crippen LogP contribution in [0.3, 0.4) is 0 Å². The van der Waals surface area contributed by atoms with Crippen molar-refractivity contribution in [3.63, 3.8) is 0 Å². The summed E-state index contributed by atoms with van der Waals surface area (Å²) < 4.78 is 0.956. The third kappa shape index (κ3) is 3.93. The first-order valence-electron chi connectivity index (χ1n) is 6.37. The van der Waals surface area contributed by atoms with Crippen LogP contribution in [-0.4, -0.2) is 40.6 Å². The smallest absolute Gasteiger partial charge is 0.322 e.